The highest BCUT2D eigenvalue weighted by molar-refractivity contribution is 9.10. The maximum atomic E-state index is 11.6. The second kappa shape index (κ2) is 6.81. The fourth-order valence-electron chi connectivity index (χ4n) is 1.51. The Morgan fingerprint density at radius 3 is 3.00 bits per heavy atom. The topological polar surface area (TPSA) is 74.6 Å². The zero-order valence-electron chi connectivity index (χ0n) is 10.5. The normalized spacial score (nSPS) is 10.7. The van der Waals surface area contributed by atoms with E-state index in [9.17, 15) is 9.90 Å². The Kier molecular flexibility index (Phi) is 4.84. The Labute approximate surface area is 124 Å². The molecule has 0 bridgehead atoms. The molecule has 2 rings (SSSR count). The predicted molar refractivity (Wildman–Crippen MR) is 79.5 cm³/mol. The number of aromatic nitrogens is 1. The molecule has 102 valence electrons. The number of nitrogens with zero attached hydrogens (tertiary/aromatic N) is 2. The van der Waals surface area contributed by atoms with Gasteiger partial charge in [-0.15, -0.1) is 0 Å². The van der Waals surface area contributed by atoms with Crippen molar-refractivity contribution in [1.82, 2.24) is 10.4 Å². The van der Waals surface area contributed by atoms with Gasteiger partial charge in [-0.25, -0.2) is 5.43 Å². The van der Waals surface area contributed by atoms with Crippen LogP contribution in [0.1, 0.15) is 11.1 Å². The lowest BCUT2D eigenvalue weighted by Gasteiger charge is -2.00. The summed E-state index contributed by atoms with van der Waals surface area (Å²) in [5.41, 5.74) is 4.03. The first-order valence-electron chi connectivity index (χ1n) is 5.84. The average Bonchev–Trinajstić information content (AvgIpc) is 2.44. The van der Waals surface area contributed by atoms with Gasteiger partial charge >= 0.3 is 0 Å². The van der Waals surface area contributed by atoms with Crippen LogP contribution in [0.5, 0.6) is 5.75 Å². The van der Waals surface area contributed by atoms with Crippen LogP contribution in [0.25, 0.3) is 0 Å². The third kappa shape index (κ3) is 4.17. The van der Waals surface area contributed by atoms with E-state index in [4.69, 9.17) is 0 Å². The standard InChI is InChI=1S/C14H12BrN3O2/c15-12-6-11(3-4-13(12)19)9-17-18-14(20)7-10-2-1-5-16-8-10/h1-6,8-9,19H,7H2,(H,18,20)/b17-9-. The van der Waals surface area contributed by atoms with Crippen LogP contribution in [0.3, 0.4) is 0 Å². The van der Waals surface area contributed by atoms with E-state index in [2.05, 4.69) is 31.4 Å². The molecular weight excluding hydrogens is 322 g/mol. The lowest BCUT2D eigenvalue weighted by Crippen LogP contribution is -2.19. The van der Waals surface area contributed by atoms with Crippen molar-refractivity contribution >= 4 is 28.1 Å². The van der Waals surface area contributed by atoms with Crippen molar-refractivity contribution in [3.05, 3.63) is 58.3 Å². The molecule has 0 atom stereocenters. The zero-order valence-corrected chi connectivity index (χ0v) is 12.0. The van der Waals surface area contributed by atoms with Crippen molar-refractivity contribution in [3.63, 3.8) is 0 Å². The van der Waals surface area contributed by atoms with E-state index < -0.39 is 0 Å². The number of nitrogens with one attached hydrogen (secondary N) is 1. The molecule has 0 aliphatic rings. The molecule has 20 heavy (non-hydrogen) atoms. The Balaban J connectivity index is 1.89. The Morgan fingerprint density at radius 2 is 2.30 bits per heavy atom. The van der Waals surface area contributed by atoms with Crippen molar-refractivity contribution in [1.29, 1.82) is 0 Å². The van der Waals surface area contributed by atoms with Crippen LogP contribution in [0.2, 0.25) is 0 Å². The van der Waals surface area contributed by atoms with Gasteiger partial charge in [-0.1, -0.05) is 6.07 Å². The molecule has 0 radical (unpaired) electrons. The minimum Gasteiger partial charge on any atom is -0.507 e. The van der Waals surface area contributed by atoms with Crippen molar-refractivity contribution in [2.45, 2.75) is 6.42 Å². The number of benzene rings is 1. The molecule has 0 fully saturated rings. The number of carbonyl (C=O) groups excluding carboxylic acids is 1. The van der Waals surface area contributed by atoms with Crippen LogP contribution in [0.15, 0.2) is 52.3 Å². The second-order valence-electron chi connectivity index (χ2n) is 4.04. The van der Waals surface area contributed by atoms with Crippen molar-refractivity contribution < 1.29 is 9.90 Å². The number of phenols is 1. The summed E-state index contributed by atoms with van der Waals surface area (Å²) >= 11 is 3.21. The molecule has 2 N–H and O–H groups in total. The summed E-state index contributed by atoms with van der Waals surface area (Å²) in [7, 11) is 0. The Hall–Kier alpha value is -2.21. The van der Waals surface area contributed by atoms with Gasteiger partial charge in [0, 0.05) is 12.4 Å². The highest BCUT2D eigenvalue weighted by atomic mass is 79.9. The number of carbonyl (C=O) groups is 1. The monoisotopic (exact) mass is 333 g/mol. The summed E-state index contributed by atoms with van der Waals surface area (Å²) in [6, 6.07) is 8.54. The number of phenolic OH excluding ortho intramolecular Hbond substituents is 1. The van der Waals surface area contributed by atoms with Crippen LogP contribution >= 0.6 is 15.9 Å². The fourth-order valence-corrected chi connectivity index (χ4v) is 1.91. The minimum atomic E-state index is -0.216. The molecule has 0 saturated carbocycles. The first kappa shape index (κ1) is 14.2. The molecule has 2 aromatic rings. The lowest BCUT2D eigenvalue weighted by molar-refractivity contribution is -0.120. The Bertz CT molecular complexity index is 630. The van der Waals surface area contributed by atoms with Crippen LogP contribution in [0.4, 0.5) is 0 Å². The number of amides is 1. The van der Waals surface area contributed by atoms with Gasteiger partial charge in [0.05, 0.1) is 17.1 Å². The molecular formula is C14H12BrN3O2. The summed E-state index contributed by atoms with van der Waals surface area (Å²) in [5.74, 6) is -0.0603. The predicted octanol–water partition coefficient (Wildman–Crippen LogP) is 2.24. The maximum absolute atomic E-state index is 11.6. The van der Waals surface area contributed by atoms with E-state index in [0.29, 0.717) is 4.47 Å². The summed E-state index contributed by atoms with van der Waals surface area (Å²) < 4.78 is 0.572. The summed E-state index contributed by atoms with van der Waals surface area (Å²) in [6.07, 6.45) is 5.03. The van der Waals surface area contributed by atoms with E-state index >= 15 is 0 Å². The van der Waals surface area contributed by atoms with Gasteiger partial charge in [-0.3, -0.25) is 9.78 Å². The van der Waals surface area contributed by atoms with Crippen molar-refractivity contribution in [3.8, 4) is 5.75 Å². The molecule has 0 spiro atoms. The van der Waals surface area contributed by atoms with Gasteiger partial charge < -0.3 is 5.11 Å². The lowest BCUT2D eigenvalue weighted by atomic mass is 10.2. The number of pyridine rings is 1. The van der Waals surface area contributed by atoms with Crippen LogP contribution in [-0.2, 0) is 11.2 Å². The Morgan fingerprint density at radius 1 is 1.45 bits per heavy atom. The third-order valence-electron chi connectivity index (χ3n) is 2.46. The maximum Gasteiger partial charge on any atom is 0.244 e. The molecule has 0 aliphatic heterocycles. The highest BCUT2D eigenvalue weighted by Crippen LogP contribution is 2.23. The molecule has 0 aliphatic carbocycles. The number of halogens is 1. The second-order valence-corrected chi connectivity index (χ2v) is 4.90. The van der Waals surface area contributed by atoms with E-state index in [1.807, 2.05) is 6.07 Å². The largest absolute Gasteiger partial charge is 0.507 e. The molecule has 1 aromatic heterocycles. The smallest absolute Gasteiger partial charge is 0.244 e. The highest BCUT2D eigenvalue weighted by Gasteiger charge is 2.01. The number of aromatic hydroxyl groups is 1. The van der Waals surface area contributed by atoms with Crippen LogP contribution < -0.4 is 5.43 Å². The quantitative estimate of drug-likeness (QED) is 0.665. The summed E-state index contributed by atoms with van der Waals surface area (Å²) in [4.78, 5) is 15.6. The van der Waals surface area contributed by atoms with Crippen LogP contribution in [-0.4, -0.2) is 22.2 Å². The van der Waals surface area contributed by atoms with E-state index in [0.717, 1.165) is 11.1 Å². The minimum absolute atomic E-state index is 0.155. The summed E-state index contributed by atoms with van der Waals surface area (Å²) in [5, 5.41) is 13.2. The molecule has 6 heteroatoms. The van der Waals surface area contributed by atoms with E-state index in [1.165, 1.54) is 6.21 Å². The fraction of sp³-hybridized carbons (Fsp3) is 0.0714. The van der Waals surface area contributed by atoms with Gasteiger partial charge in [-0.05, 0) is 51.3 Å². The van der Waals surface area contributed by atoms with Gasteiger partial charge in [0.25, 0.3) is 0 Å². The zero-order chi connectivity index (χ0) is 14.4. The van der Waals surface area contributed by atoms with Crippen LogP contribution in [0, 0.1) is 0 Å². The third-order valence-corrected chi connectivity index (χ3v) is 3.10. The van der Waals surface area contributed by atoms with Crippen molar-refractivity contribution in [2.75, 3.05) is 0 Å². The van der Waals surface area contributed by atoms with Crippen molar-refractivity contribution in [2.24, 2.45) is 5.10 Å². The van der Waals surface area contributed by atoms with Gasteiger partial charge in [-0.2, -0.15) is 5.10 Å². The first-order chi connectivity index (χ1) is 9.65. The van der Waals surface area contributed by atoms with Gasteiger partial charge in [0.1, 0.15) is 5.75 Å². The average molecular weight is 334 g/mol. The molecule has 0 unspecified atom stereocenters. The first-order valence-corrected chi connectivity index (χ1v) is 6.64. The number of hydrogen-bond acceptors (Lipinski definition) is 4. The molecule has 1 heterocycles. The van der Waals surface area contributed by atoms with E-state index in [1.54, 1.807) is 36.7 Å². The molecule has 5 nitrogen and oxygen atoms in total. The summed E-state index contributed by atoms with van der Waals surface area (Å²) in [6.45, 7) is 0. The molecule has 1 amide bonds. The molecule has 1 aromatic carbocycles. The number of rotatable bonds is 4. The SMILES string of the molecule is O=C(Cc1cccnc1)N/N=C\c1ccc(O)c(Br)c1. The number of hydrazone groups is 1. The number of hydrogen-bond donors (Lipinski definition) is 2. The van der Waals surface area contributed by atoms with Gasteiger partial charge in [0.2, 0.25) is 5.91 Å². The molecule has 0 saturated heterocycles. The van der Waals surface area contributed by atoms with Gasteiger partial charge in [0.15, 0.2) is 0 Å². The van der Waals surface area contributed by atoms with E-state index in [-0.39, 0.29) is 18.1 Å².